The van der Waals surface area contributed by atoms with Crippen molar-refractivity contribution < 1.29 is 23.9 Å². The van der Waals surface area contributed by atoms with Crippen LogP contribution >= 0.6 is 23.4 Å². The van der Waals surface area contributed by atoms with Gasteiger partial charge in [0, 0.05) is 12.2 Å². The first-order valence-electron chi connectivity index (χ1n) is 12.1. The van der Waals surface area contributed by atoms with Crippen molar-refractivity contribution >= 4 is 52.2 Å². The van der Waals surface area contributed by atoms with Crippen molar-refractivity contribution in [1.82, 2.24) is 4.90 Å². The number of benzene rings is 2. The van der Waals surface area contributed by atoms with Crippen LogP contribution in [0.1, 0.15) is 44.6 Å². The number of amides is 3. The molecule has 0 spiro atoms. The second kappa shape index (κ2) is 12.3. The standard InChI is InChI=1S/C27H29ClN2O5S/c1-2-34-22-14-19(13-21(28)25(22)35-17-24(31)29-20-11-7-4-8-12-20)15-23-26(32)30(27(33)36-23)16-18-9-5-3-6-10-18/h4,7-8,11-15,18H,2-3,5-6,9-10,16-17H2,1H3,(H,29,31)/b23-15+. The lowest BCUT2D eigenvalue weighted by atomic mass is 9.89. The van der Waals surface area contributed by atoms with Crippen molar-refractivity contribution in [3.63, 3.8) is 0 Å². The Labute approximate surface area is 220 Å². The lowest BCUT2D eigenvalue weighted by molar-refractivity contribution is -0.123. The maximum atomic E-state index is 13.0. The van der Waals surface area contributed by atoms with Gasteiger partial charge in [-0.2, -0.15) is 0 Å². The van der Waals surface area contributed by atoms with Crippen LogP contribution in [0, 0.1) is 5.92 Å². The zero-order chi connectivity index (χ0) is 25.5. The van der Waals surface area contributed by atoms with E-state index < -0.39 is 0 Å². The number of halogens is 1. The van der Waals surface area contributed by atoms with Crippen LogP contribution in [0.15, 0.2) is 47.4 Å². The van der Waals surface area contributed by atoms with E-state index in [1.807, 2.05) is 25.1 Å². The molecule has 1 saturated carbocycles. The highest BCUT2D eigenvalue weighted by Crippen LogP contribution is 2.39. The number of imide groups is 1. The summed E-state index contributed by atoms with van der Waals surface area (Å²) in [6, 6.07) is 12.4. The molecule has 36 heavy (non-hydrogen) atoms. The lowest BCUT2D eigenvalue weighted by Crippen LogP contribution is -2.34. The van der Waals surface area contributed by atoms with Gasteiger partial charge in [0.25, 0.3) is 17.1 Å². The maximum Gasteiger partial charge on any atom is 0.293 e. The van der Waals surface area contributed by atoms with Gasteiger partial charge < -0.3 is 14.8 Å². The highest BCUT2D eigenvalue weighted by atomic mass is 35.5. The summed E-state index contributed by atoms with van der Waals surface area (Å²) in [7, 11) is 0. The molecule has 4 rings (SSSR count). The zero-order valence-corrected chi connectivity index (χ0v) is 21.7. The Morgan fingerprint density at radius 2 is 1.89 bits per heavy atom. The average Bonchev–Trinajstić information content (AvgIpc) is 3.12. The van der Waals surface area contributed by atoms with E-state index in [0.717, 1.165) is 37.4 Å². The van der Waals surface area contributed by atoms with E-state index >= 15 is 0 Å². The number of thioether (sulfide) groups is 1. The van der Waals surface area contributed by atoms with Crippen molar-refractivity contribution in [2.75, 3.05) is 25.1 Å². The molecular weight excluding hydrogens is 500 g/mol. The van der Waals surface area contributed by atoms with Gasteiger partial charge in [-0.3, -0.25) is 19.3 Å². The molecule has 2 aliphatic rings. The summed E-state index contributed by atoms with van der Waals surface area (Å²) < 4.78 is 11.4. The lowest BCUT2D eigenvalue weighted by Gasteiger charge is -2.25. The normalized spacial score (nSPS) is 17.5. The first-order valence-corrected chi connectivity index (χ1v) is 13.3. The van der Waals surface area contributed by atoms with E-state index in [-0.39, 0.29) is 34.4 Å². The third-order valence-corrected chi connectivity index (χ3v) is 7.26. The van der Waals surface area contributed by atoms with Gasteiger partial charge in [0.2, 0.25) is 0 Å². The van der Waals surface area contributed by atoms with Crippen molar-refractivity contribution in [1.29, 1.82) is 0 Å². The van der Waals surface area contributed by atoms with Crippen molar-refractivity contribution in [3.8, 4) is 11.5 Å². The number of nitrogens with one attached hydrogen (secondary N) is 1. The van der Waals surface area contributed by atoms with Gasteiger partial charge in [0.1, 0.15) is 0 Å². The minimum Gasteiger partial charge on any atom is -0.490 e. The van der Waals surface area contributed by atoms with Gasteiger partial charge in [-0.25, -0.2) is 0 Å². The van der Waals surface area contributed by atoms with Crippen molar-refractivity contribution in [2.45, 2.75) is 39.0 Å². The molecule has 1 aliphatic heterocycles. The molecule has 2 aromatic carbocycles. The summed E-state index contributed by atoms with van der Waals surface area (Å²) in [4.78, 5) is 39.5. The zero-order valence-electron chi connectivity index (χ0n) is 20.1. The molecule has 2 fully saturated rings. The molecule has 1 saturated heterocycles. The maximum absolute atomic E-state index is 13.0. The van der Waals surface area contributed by atoms with Gasteiger partial charge in [0.05, 0.1) is 16.5 Å². The number of hydrogen-bond acceptors (Lipinski definition) is 6. The molecule has 0 unspecified atom stereocenters. The number of hydrogen-bond donors (Lipinski definition) is 1. The van der Waals surface area contributed by atoms with Crippen LogP contribution in [0.25, 0.3) is 6.08 Å². The molecule has 1 N–H and O–H groups in total. The van der Waals surface area contributed by atoms with E-state index in [1.54, 1.807) is 30.3 Å². The number of carbonyl (C=O) groups excluding carboxylic acids is 3. The van der Waals surface area contributed by atoms with E-state index in [0.29, 0.717) is 41.0 Å². The van der Waals surface area contributed by atoms with Gasteiger partial charge >= 0.3 is 0 Å². The predicted molar refractivity (Wildman–Crippen MR) is 142 cm³/mol. The predicted octanol–water partition coefficient (Wildman–Crippen LogP) is 6.37. The van der Waals surface area contributed by atoms with E-state index in [2.05, 4.69) is 5.32 Å². The van der Waals surface area contributed by atoms with Crippen LogP contribution in [-0.4, -0.2) is 41.7 Å². The second-order valence-electron chi connectivity index (χ2n) is 8.76. The molecule has 2 aromatic rings. The smallest absolute Gasteiger partial charge is 0.293 e. The average molecular weight is 529 g/mol. The summed E-state index contributed by atoms with van der Waals surface area (Å²) >= 11 is 7.43. The van der Waals surface area contributed by atoms with E-state index in [4.69, 9.17) is 21.1 Å². The monoisotopic (exact) mass is 528 g/mol. The van der Waals surface area contributed by atoms with E-state index in [9.17, 15) is 14.4 Å². The quantitative estimate of drug-likeness (QED) is 0.380. The first kappa shape index (κ1) is 26.1. The number of carbonyl (C=O) groups is 3. The van der Waals surface area contributed by atoms with Crippen molar-refractivity contribution in [3.05, 3.63) is 58.0 Å². The molecule has 1 heterocycles. The minimum atomic E-state index is -0.338. The number of ether oxygens (including phenoxy) is 2. The minimum absolute atomic E-state index is 0.237. The van der Waals surface area contributed by atoms with E-state index in [1.165, 1.54) is 11.3 Å². The second-order valence-corrected chi connectivity index (χ2v) is 10.2. The van der Waals surface area contributed by atoms with Crippen LogP contribution in [0.2, 0.25) is 5.02 Å². The van der Waals surface area contributed by atoms with Gasteiger partial charge in [0.15, 0.2) is 18.1 Å². The highest BCUT2D eigenvalue weighted by Gasteiger charge is 2.36. The van der Waals surface area contributed by atoms with Crippen LogP contribution in [0.5, 0.6) is 11.5 Å². The Morgan fingerprint density at radius 3 is 2.61 bits per heavy atom. The summed E-state index contributed by atoms with van der Waals surface area (Å²) in [6.45, 7) is 2.40. The fourth-order valence-electron chi connectivity index (χ4n) is 4.37. The molecule has 1 aliphatic carbocycles. The molecular formula is C27H29ClN2O5S. The van der Waals surface area contributed by atoms with Gasteiger partial charge in [-0.05, 0) is 73.4 Å². The molecule has 0 radical (unpaired) electrons. The summed E-state index contributed by atoms with van der Waals surface area (Å²) in [5, 5.41) is 2.75. The topological polar surface area (TPSA) is 84.9 Å². The van der Waals surface area contributed by atoms with Gasteiger partial charge in [-0.15, -0.1) is 0 Å². The number of rotatable bonds is 9. The summed E-state index contributed by atoms with van der Waals surface area (Å²) in [5.41, 5.74) is 1.27. The molecule has 9 heteroatoms. The Bertz CT molecular complexity index is 1150. The summed E-state index contributed by atoms with van der Waals surface area (Å²) in [6.07, 6.45) is 7.28. The van der Waals surface area contributed by atoms with Gasteiger partial charge in [-0.1, -0.05) is 49.1 Å². The molecule has 0 atom stereocenters. The van der Waals surface area contributed by atoms with Crippen LogP contribution < -0.4 is 14.8 Å². The fourth-order valence-corrected chi connectivity index (χ4v) is 5.49. The van der Waals surface area contributed by atoms with Crippen LogP contribution in [-0.2, 0) is 9.59 Å². The van der Waals surface area contributed by atoms with Crippen LogP contribution in [0.3, 0.4) is 0 Å². The largest absolute Gasteiger partial charge is 0.490 e. The first-order chi connectivity index (χ1) is 17.4. The molecule has 3 amide bonds. The Kier molecular flexibility index (Phi) is 8.93. The number of nitrogens with zero attached hydrogens (tertiary/aromatic N) is 1. The molecule has 190 valence electrons. The molecule has 0 aromatic heterocycles. The summed E-state index contributed by atoms with van der Waals surface area (Å²) in [5.74, 6) is 0.355. The Balaban J connectivity index is 1.46. The van der Waals surface area contributed by atoms with Crippen molar-refractivity contribution in [2.24, 2.45) is 5.92 Å². The highest BCUT2D eigenvalue weighted by molar-refractivity contribution is 8.18. The molecule has 0 bridgehead atoms. The Morgan fingerprint density at radius 1 is 1.14 bits per heavy atom. The molecule has 7 nitrogen and oxygen atoms in total. The fraction of sp³-hybridized carbons (Fsp3) is 0.370. The number of para-hydroxylation sites is 1. The third-order valence-electron chi connectivity index (χ3n) is 6.07. The van der Waals surface area contributed by atoms with Crippen LogP contribution in [0.4, 0.5) is 10.5 Å². The third kappa shape index (κ3) is 6.62. The number of anilines is 1. The Hall–Kier alpha value is -2.97. The SMILES string of the molecule is CCOc1cc(/C=C2/SC(=O)N(CC3CCCCC3)C2=O)cc(Cl)c1OCC(=O)Nc1ccccc1.